The zero-order valence-electron chi connectivity index (χ0n) is 64.6. The summed E-state index contributed by atoms with van der Waals surface area (Å²) in [6.45, 7) is 16.8. The van der Waals surface area contributed by atoms with Crippen LogP contribution in [0.25, 0.3) is 33.3 Å². The number of Topliss-reactive ketones (excluding diaryl/α,β-unsaturated/α-hetero) is 2. The van der Waals surface area contributed by atoms with E-state index in [0.29, 0.717) is 68.6 Å². The number of benzene rings is 4. The number of nitrogens with one attached hydrogen (secondary N) is 6. The van der Waals surface area contributed by atoms with Gasteiger partial charge >= 0.3 is 23.9 Å². The number of phenolic OH excluding ortho intramolecular Hbond substituents is 2. The van der Waals surface area contributed by atoms with Crippen LogP contribution in [0.2, 0.25) is 0 Å². The number of nitrogens with zero attached hydrogens (tertiary/aromatic N) is 3. The van der Waals surface area contributed by atoms with Crippen LogP contribution in [0.15, 0.2) is 106 Å². The second-order valence-corrected chi connectivity index (χ2v) is 29.6. The lowest BCUT2D eigenvalue weighted by Crippen LogP contribution is -2.46. The van der Waals surface area contributed by atoms with Crippen LogP contribution < -0.4 is 47.4 Å². The molecular formula is C81H100N10O21. The molecule has 11 atom stereocenters. The first-order valence-electron chi connectivity index (χ1n) is 37.5. The predicted molar refractivity (Wildman–Crippen MR) is 414 cm³/mol. The Morgan fingerprint density at radius 3 is 2.25 bits per heavy atom. The number of hydrogen-bond donors (Lipinski definition) is 11. The van der Waals surface area contributed by atoms with Crippen LogP contribution >= 0.6 is 0 Å². The fourth-order valence-electron chi connectivity index (χ4n) is 14.5. The number of primary amides is 1. The fraction of sp³-hybridized carbons (Fsp3) is 0.469. The standard InChI is InChI=1S/C81H100N10O21/c1-41(2)65(87-59(95)20-13-12-14-33-91-60(96)25-26-61(91)97)55(93)37-51(19-16-31-84-79(83)105)78(104)86-52-23-21-49(22-24-52)40-108-80(106)85-32-27-54(82)50-28-34-90(35-29-50)53-38-56(94)66-58(39-53)111-75-67(88-66)62-63-71(100)47(8)74-64(62)76(102)81(10,112-74)109-36-30-57(107-11)44(5)73(110-48(9)92)46(7)70(99)45(6)69(98)42(3)17-15-18-43(4)77(103)89-68(75)72(63)101/h15,17-18,21-27,30,32,36,38-39,41-42,44-46,50-51,57,65,69-70,73,82,94,98-100H,12-14,16,19-20,28-29,31,33-35,37,40H2,1-11H3,(H,85,106)(H,86,104)(H,87,95)(H,89,103)(H3,83,84,105)/b17-15+,32-27-,36-30+,43-18-,82-54?/t42-,44+,45+,46+,51+,57-,65-,69-,70+,73+,81-/m0/s1. The van der Waals surface area contributed by atoms with Gasteiger partial charge < -0.3 is 85.8 Å². The number of rotatable bonds is 25. The van der Waals surface area contributed by atoms with Crippen LogP contribution in [0.3, 0.4) is 0 Å². The Labute approximate surface area is 647 Å². The average molecular weight is 1550 g/mol. The number of fused-ring (bicyclic) bond motifs is 2. The highest BCUT2D eigenvalue weighted by Gasteiger charge is 2.50. The van der Waals surface area contributed by atoms with Gasteiger partial charge in [-0.05, 0) is 88.1 Å². The van der Waals surface area contributed by atoms with Crippen molar-refractivity contribution >= 4 is 104 Å². The van der Waals surface area contributed by atoms with Crippen molar-refractivity contribution in [2.24, 2.45) is 47.2 Å². The first-order chi connectivity index (χ1) is 53.1. The van der Waals surface area contributed by atoms with Crippen molar-refractivity contribution in [2.45, 2.75) is 170 Å². The molecule has 112 heavy (non-hydrogen) atoms. The number of urea groups is 1. The topological polar surface area (TPSA) is 457 Å². The number of aliphatic hydroxyl groups excluding tert-OH is 2. The fourth-order valence-corrected chi connectivity index (χ4v) is 14.5. The van der Waals surface area contributed by atoms with E-state index in [1.54, 1.807) is 78.0 Å². The van der Waals surface area contributed by atoms with Gasteiger partial charge in [0.1, 0.15) is 46.9 Å². The number of unbranched alkanes of at least 4 members (excludes halogenated alkanes) is 2. The molecule has 6 aliphatic rings. The molecule has 1 aliphatic carbocycles. The number of methoxy groups -OCH3 is 1. The third kappa shape index (κ3) is 19.9. The molecule has 31 nitrogen and oxygen atoms in total. The third-order valence-electron chi connectivity index (χ3n) is 21.1. The summed E-state index contributed by atoms with van der Waals surface area (Å²) < 4.78 is 36.0. The number of aromatic nitrogens is 1. The summed E-state index contributed by atoms with van der Waals surface area (Å²) in [5.41, 5.74) is 4.81. The van der Waals surface area contributed by atoms with E-state index in [-0.39, 0.29) is 136 Å². The number of ketones is 2. The summed E-state index contributed by atoms with van der Waals surface area (Å²) in [4.78, 5) is 154. The number of aliphatic hydroxyl groups is 2. The quantitative estimate of drug-likeness (QED) is 0.00648. The van der Waals surface area contributed by atoms with Crippen molar-refractivity contribution in [1.82, 2.24) is 25.8 Å². The number of alkyl carbamates (subject to hydrolysis) is 1. The molecular weight excluding hydrogens is 1450 g/mol. The largest absolute Gasteiger partial charge is 0.507 e. The van der Waals surface area contributed by atoms with Crippen molar-refractivity contribution in [1.29, 1.82) is 5.41 Å². The van der Waals surface area contributed by atoms with E-state index < -0.39 is 124 Å². The molecule has 3 aromatic rings. The maximum absolute atomic E-state index is 15.1. The molecule has 5 heterocycles. The monoisotopic (exact) mass is 1550 g/mol. The summed E-state index contributed by atoms with van der Waals surface area (Å²) >= 11 is 0. The van der Waals surface area contributed by atoms with Crippen LogP contribution in [-0.4, -0.2) is 165 Å². The van der Waals surface area contributed by atoms with E-state index in [9.17, 15) is 63.6 Å². The van der Waals surface area contributed by atoms with E-state index in [0.717, 1.165) is 4.90 Å². The van der Waals surface area contributed by atoms with Gasteiger partial charge in [-0.2, -0.15) is 0 Å². The summed E-state index contributed by atoms with van der Waals surface area (Å²) in [5, 5.41) is 68.8. The molecule has 0 spiro atoms. The minimum Gasteiger partial charge on any atom is -0.507 e. The number of allylic oxidation sites excluding steroid dienone is 3. The number of anilines is 3. The van der Waals surface area contributed by atoms with Gasteiger partial charge in [-0.25, -0.2) is 14.6 Å². The molecule has 0 radical (unpaired) electrons. The molecule has 4 bridgehead atoms. The van der Waals surface area contributed by atoms with E-state index in [2.05, 4.69) is 26.6 Å². The van der Waals surface area contributed by atoms with Crippen LogP contribution in [0.4, 0.5) is 26.7 Å². The molecule has 31 heteroatoms. The number of esters is 1. The van der Waals surface area contributed by atoms with Gasteiger partial charge in [0, 0.05) is 160 Å². The molecule has 0 saturated carbocycles. The lowest BCUT2D eigenvalue weighted by Gasteiger charge is -2.38. The molecule has 0 aromatic heterocycles. The maximum Gasteiger partial charge on any atom is 0.411 e. The number of amides is 8. The zero-order chi connectivity index (χ0) is 81.7. The van der Waals surface area contributed by atoms with E-state index in [4.69, 9.17) is 44.2 Å². The molecule has 9 rings (SSSR count). The summed E-state index contributed by atoms with van der Waals surface area (Å²) in [6.07, 6.45) is 10.2. The van der Waals surface area contributed by atoms with Gasteiger partial charge in [0.2, 0.25) is 17.2 Å². The Bertz CT molecular complexity index is 4610. The van der Waals surface area contributed by atoms with Crippen molar-refractivity contribution in [3.63, 3.8) is 0 Å². The number of piperidine rings is 1. The molecule has 12 N–H and O–H groups in total. The summed E-state index contributed by atoms with van der Waals surface area (Å²) in [5.74, 6) is -12.1. The van der Waals surface area contributed by atoms with Gasteiger partial charge in [0.25, 0.3) is 23.5 Å². The minimum atomic E-state index is -2.17. The lowest BCUT2D eigenvalue weighted by molar-refractivity contribution is -0.160. The van der Waals surface area contributed by atoms with Crippen LogP contribution in [0.1, 0.15) is 142 Å². The number of ether oxygens (including phenoxy) is 5. The molecule has 8 amide bonds. The first kappa shape index (κ1) is 84.7. The number of imide groups is 1. The number of aromatic hydroxyl groups is 2. The third-order valence-corrected chi connectivity index (χ3v) is 21.1. The van der Waals surface area contributed by atoms with E-state index in [1.165, 1.54) is 89.8 Å². The summed E-state index contributed by atoms with van der Waals surface area (Å²) in [6, 6.07) is 7.86. The van der Waals surface area contributed by atoms with Crippen LogP contribution in [0.5, 0.6) is 17.2 Å². The van der Waals surface area contributed by atoms with E-state index in [1.807, 2.05) is 4.90 Å². The Hall–Kier alpha value is -11.3. The molecule has 0 unspecified atom stereocenters. The molecule has 1 fully saturated rings. The number of phenols is 2. The van der Waals surface area contributed by atoms with Crippen molar-refractivity contribution < 1.29 is 96.5 Å². The zero-order valence-corrected chi connectivity index (χ0v) is 64.6. The highest BCUT2D eigenvalue weighted by molar-refractivity contribution is 6.22. The molecule has 3 aromatic carbocycles. The number of carbonyl (C=O) groups is 10. The lowest BCUT2D eigenvalue weighted by atomic mass is 9.78. The number of hydrogen-bond acceptors (Lipinski definition) is 24. The van der Waals surface area contributed by atoms with Crippen LogP contribution in [-0.2, 0) is 59.1 Å². The Morgan fingerprint density at radius 2 is 1.59 bits per heavy atom. The van der Waals surface area contributed by atoms with Gasteiger partial charge in [-0.15, -0.1) is 0 Å². The molecule has 600 valence electrons. The van der Waals surface area contributed by atoms with Crippen molar-refractivity contribution in [3.8, 4) is 28.7 Å². The second-order valence-electron chi connectivity index (χ2n) is 29.6. The normalized spacial score (nSPS) is 23.5. The molecule has 5 aliphatic heterocycles. The Balaban J connectivity index is 0.855. The minimum absolute atomic E-state index is 0.0362. The first-order valence-corrected chi connectivity index (χ1v) is 37.5. The molecule has 1 saturated heterocycles. The predicted octanol–water partition coefficient (Wildman–Crippen LogP) is 8.92. The number of nitrogens with two attached hydrogens (primary N) is 1. The van der Waals surface area contributed by atoms with Gasteiger partial charge in [0.05, 0.1) is 41.6 Å². The van der Waals surface area contributed by atoms with Gasteiger partial charge in [-0.3, -0.25) is 53.4 Å². The highest BCUT2D eigenvalue weighted by atomic mass is 16.7. The maximum atomic E-state index is 15.1. The van der Waals surface area contributed by atoms with Crippen molar-refractivity contribution in [2.75, 3.05) is 48.8 Å². The highest BCUT2D eigenvalue weighted by Crippen LogP contribution is 2.51. The second kappa shape index (κ2) is 37.1. The van der Waals surface area contributed by atoms with Crippen molar-refractivity contribution in [3.05, 3.63) is 124 Å². The van der Waals surface area contributed by atoms with E-state index >= 15 is 9.59 Å². The summed E-state index contributed by atoms with van der Waals surface area (Å²) in [7, 11) is 1.41. The van der Waals surface area contributed by atoms with Crippen LogP contribution in [0, 0.1) is 53.8 Å². The van der Waals surface area contributed by atoms with Gasteiger partial charge in [-0.1, -0.05) is 78.3 Å². The SMILES string of the molecule is CO[C@H]1/C=C/O[C@@]2(C)Oc3c(C)c(O)c4c(=O)c(c5oc6cc(N7CCC(C(=N)/C=C\NC(=O)OCc8ccc(NC(=O)[C@H](CCCNC(N)=O)CC(=O)[C@@H](NC(=O)CCCCCN9C(=O)C=CC9=O)C(C)C)cc8)CC7)cc(O)c6nc-5c4c3C2=O)NC(=O)/C(C)=C\C=C\[C@H](C)[C@H](O)[C@@H](C)[C@@H](O)[C@@H](C)[C@H](OC(C)=O)[C@@H]1C. The number of carbonyl (C=O) groups excluding carboxylic acids is 10. The average Bonchev–Trinajstić information content (AvgIpc) is 1.43. The Morgan fingerprint density at radius 1 is 0.893 bits per heavy atom. The smallest absolute Gasteiger partial charge is 0.411 e. The van der Waals surface area contributed by atoms with Gasteiger partial charge in [0.15, 0.2) is 17.1 Å². The Kier molecular flexibility index (Phi) is 28.1.